The summed E-state index contributed by atoms with van der Waals surface area (Å²) >= 11 is 0. The first-order valence-corrected chi connectivity index (χ1v) is 11.9. The van der Waals surface area contributed by atoms with Gasteiger partial charge in [-0.15, -0.1) is 0 Å². The summed E-state index contributed by atoms with van der Waals surface area (Å²) in [6, 6.07) is 27.8. The Kier molecular flexibility index (Phi) is 5.83. The molecular weight excluding hydrogens is 375 g/mol. The summed E-state index contributed by atoms with van der Waals surface area (Å²) in [6.45, 7) is 2.07. The summed E-state index contributed by atoms with van der Waals surface area (Å²) in [6.07, 6.45) is 6.37. The van der Waals surface area contributed by atoms with E-state index < -0.39 is 7.14 Å². The van der Waals surface area contributed by atoms with E-state index in [9.17, 15) is 4.57 Å². The number of benzene rings is 3. The molecule has 0 N–H and O–H groups in total. The highest BCUT2D eigenvalue weighted by Gasteiger charge is 2.28. The van der Waals surface area contributed by atoms with Crippen molar-refractivity contribution in [2.75, 3.05) is 6.16 Å². The Morgan fingerprint density at radius 2 is 1.34 bits per heavy atom. The molecule has 0 atom stereocenters. The maximum atomic E-state index is 14.2. The molecule has 0 spiro atoms. The van der Waals surface area contributed by atoms with Gasteiger partial charge in [-0.1, -0.05) is 90.0 Å². The van der Waals surface area contributed by atoms with Crippen LogP contribution in [0.15, 0.2) is 108 Å². The van der Waals surface area contributed by atoms with Gasteiger partial charge in [0.25, 0.3) is 0 Å². The normalized spacial score (nSPS) is 14.1. The zero-order valence-corrected chi connectivity index (χ0v) is 17.5. The minimum absolute atomic E-state index is 0.565. The molecule has 0 saturated carbocycles. The number of rotatable bonds is 6. The maximum absolute atomic E-state index is 14.2. The third kappa shape index (κ3) is 4.60. The number of aryl methyl sites for hydroxylation is 1. The van der Waals surface area contributed by atoms with Gasteiger partial charge in [-0.05, 0) is 31.6 Å². The van der Waals surface area contributed by atoms with E-state index in [2.05, 4.69) is 25.1 Å². The lowest BCUT2D eigenvalue weighted by Crippen LogP contribution is -2.19. The summed E-state index contributed by atoms with van der Waals surface area (Å²) in [7, 11) is -2.72. The Labute approximate surface area is 172 Å². The molecule has 3 aromatic rings. The highest BCUT2D eigenvalue weighted by atomic mass is 31.2. The van der Waals surface area contributed by atoms with E-state index in [1.165, 1.54) is 11.1 Å². The number of hydrogen-bond donors (Lipinski definition) is 0. The van der Waals surface area contributed by atoms with E-state index in [1.807, 2.05) is 78.9 Å². The molecular formula is C26H25O2P. The van der Waals surface area contributed by atoms with Gasteiger partial charge >= 0.3 is 0 Å². The lowest BCUT2D eigenvalue weighted by molar-refractivity contribution is 0.401. The lowest BCUT2D eigenvalue weighted by atomic mass is 10.1. The van der Waals surface area contributed by atoms with Crippen LogP contribution in [0, 0.1) is 6.92 Å². The second-order valence-electron chi connectivity index (χ2n) is 7.44. The van der Waals surface area contributed by atoms with E-state index >= 15 is 0 Å². The first kappa shape index (κ1) is 19.5. The van der Waals surface area contributed by atoms with Crippen LogP contribution in [0.5, 0.6) is 5.75 Å². The van der Waals surface area contributed by atoms with Crippen molar-refractivity contribution < 1.29 is 9.30 Å². The van der Waals surface area contributed by atoms with E-state index in [0.29, 0.717) is 6.16 Å². The van der Waals surface area contributed by atoms with E-state index in [0.717, 1.165) is 35.0 Å². The smallest absolute Gasteiger partial charge is 0.147 e. The van der Waals surface area contributed by atoms with Gasteiger partial charge in [0, 0.05) is 23.2 Å². The number of hydrogen-bond acceptors (Lipinski definition) is 2. The summed E-state index contributed by atoms with van der Waals surface area (Å²) in [5.74, 6) is 1.81. The molecule has 1 aliphatic carbocycles. The minimum atomic E-state index is -2.72. The Morgan fingerprint density at radius 1 is 0.759 bits per heavy atom. The minimum Gasteiger partial charge on any atom is -0.462 e. The van der Waals surface area contributed by atoms with Crippen molar-refractivity contribution in [2.45, 2.75) is 19.8 Å². The van der Waals surface area contributed by atoms with Crippen molar-refractivity contribution in [3.8, 4) is 5.75 Å². The number of allylic oxidation sites excluding steroid dienone is 4. The van der Waals surface area contributed by atoms with Crippen LogP contribution in [0.25, 0.3) is 0 Å². The fraction of sp³-hybridized carbons (Fsp3) is 0.154. The second-order valence-corrected chi connectivity index (χ2v) is 10.3. The van der Waals surface area contributed by atoms with Crippen LogP contribution >= 0.6 is 7.14 Å². The highest BCUT2D eigenvalue weighted by molar-refractivity contribution is 7.78. The summed E-state index contributed by atoms with van der Waals surface area (Å²) in [5.41, 5.74) is 2.42. The van der Waals surface area contributed by atoms with Crippen molar-refractivity contribution in [2.24, 2.45) is 0 Å². The summed E-state index contributed by atoms with van der Waals surface area (Å²) in [5, 5.41) is 1.83. The van der Waals surface area contributed by atoms with Crippen molar-refractivity contribution >= 4 is 17.8 Å². The van der Waals surface area contributed by atoms with Crippen LogP contribution in [0.3, 0.4) is 0 Å². The molecule has 0 radical (unpaired) electrons. The molecule has 0 aromatic heterocycles. The SMILES string of the molecule is Cc1ccc(OC2=CC=C(CP(=O)(c3ccccc3)c3ccccc3)CC2)cc1. The summed E-state index contributed by atoms with van der Waals surface area (Å²) in [4.78, 5) is 0. The van der Waals surface area contributed by atoms with Gasteiger partial charge in [-0.25, -0.2) is 0 Å². The monoisotopic (exact) mass is 400 g/mol. The van der Waals surface area contributed by atoms with Crippen LogP contribution in [0.2, 0.25) is 0 Å². The van der Waals surface area contributed by atoms with Gasteiger partial charge in [0.15, 0.2) is 0 Å². The van der Waals surface area contributed by atoms with E-state index in [4.69, 9.17) is 4.74 Å². The first-order valence-electron chi connectivity index (χ1n) is 9.97. The third-order valence-corrected chi connectivity index (χ3v) is 8.36. The Hall–Kier alpha value is -2.83. The predicted molar refractivity (Wildman–Crippen MR) is 122 cm³/mol. The molecule has 2 nitrogen and oxygen atoms in total. The van der Waals surface area contributed by atoms with Crippen molar-refractivity contribution in [1.29, 1.82) is 0 Å². The fourth-order valence-corrected chi connectivity index (χ4v) is 6.40. The van der Waals surface area contributed by atoms with Crippen LogP contribution in [-0.2, 0) is 4.57 Å². The molecule has 0 fully saturated rings. The maximum Gasteiger partial charge on any atom is 0.147 e. The van der Waals surface area contributed by atoms with Crippen LogP contribution in [0.4, 0.5) is 0 Å². The molecule has 0 saturated heterocycles. The Morgan fingerprint density at radius 3 is 1.86 bits per heavy atom. The quantitative estimate of drug-likeness (QED) is 0.475. The van der Waals surface area contributed by atoms with Gasteiger partial charge in [0.1, 0.15) is 18.7 Å². The van der Waals surface area contributed by atoms with Gasteiger partial charge in [-0.3, -0.25) is 0 Å². The molecule has 146 valence electrons. The molecule has 0 amide bonds. The molecule has 4 rings (SSSR count). The van der Waals surface area contributed by atoms with Gasteiger partial charge in [-0.2, -0.15) is 0 Å². The fourth-order valence-electron chi connectivity index (χ4n) is 3.59. The summed E-state index contributed by atoms with van der Waals surface area (Å²) < 4.78 is 20.2. The van der Waals surface area contributed by atoms with Gasteiger partial charge in [0.2, 0.25) is 0 Å². The van der Waals surface area contributed by atoms with E-state index in [-0.39, 0.29) is 0 Å². The van der Waals surface area contributed by atoms with Crippen molar-refractivity contribution in [1.82, 2.24) is 0 Å². The second kappa shape index (κ2) is 8.68. The zero-order chi connectivity index (χ0) is 20.1. The predicted octanol–water partition coefficient (Wildman–Crippen LogP) is 5.99. The molecule has 1 aliphatic rings. The highest BCUT2D eigenvalue weighted by Crippen LogP contribution is 2.46. The molecule has 0 unspecified atom stereocenters. The van der Waals surface area contributed by atoms with Crippen LogP contribution in [0.1, 0.15) is 18.4 Å². The molecule has 0 bridgehead atoms. The largest absolute Gasteiger partial charge is 0.462 e. The standard InChI is InChI=1S/C26H25O2P/c1-21-12-16-23(17-13-21)28-24-18-14-22(15-19-24)20-29(27,25-8-4-2-5-9-25)26-10-6-3-7-11-26/h2-14,16-18H,15,19-20H2,1H3. The zero-order valence-electron chi connectivity index (χ0n) is 16.6. The molecule has 3 aromatic carbocycles. The molecule has 3 heteroatoms. The van der Waals surface area contributed by atoms with E-state index in [1.54, 1.807) is 0 Å². The lowest BCUT2D eigenvalue weighted by Gasteiger charge is -2.23. The topological polar surface area (TPSA) is 26.3 Å². The Bertz CT molecular complexity index is 1020. The average Bonchev–Trinajstić information content (AvgIpc) is 2.78. The van der Waals surface area contributed by atoms with Crippen molar-refractivity contribution in [3.63, 3.8) is 0 Å². The number of ether oxygens (including phenoxy) is 1. The Balaban J connectivity index is 1.57. The first-order chi connectivity index (χ1) is 14.1. The van der Waals surface area contributed by atoms with Gasteiger partial charge < -0.3 is 9.30 Å². The van der Waals surface area contributed by atoms with Crippen LogP contribution in [-0.4, -0.2) is 6.16 Å². The molecule has 0 heterocycles. The van der Waals surface area contributed by atoms with Crippen LogP contribution < -0.4 is 15.3 Å². The van der Waals surface area contributed by atoms with Crippen molar-refractivity contribution in [3.05, 3.63) is 114 Å². The molecule has 0 aliphatic heterocycles. The van der Waals surface area contributed by atoms with Gasteiger partial charge in [0.05, 0.1) is 0 Å². The average molecular weight is 400 g/mol. The third-order valence-electron chi connectivity index (χ3n) is 5.24. The molecule has 29 heavy (non-hydrogen) atoms.